The predicted molar refractivity (Wildman–Crippen MR) is 89.9 cm³/mol. The number of benzene rings is 1. The fourth-order valence-corrected chi connectivity index (χ4v) is 2.57. The molecule has 0 saturated carbocycles. The van der Waals surface area contributed by atoms with Crippen LogP contribution in [0.4, 0.5) is 4.39 Å². The van der Waals surface area contributed by atoms with E-state index in [1.54, 1.807) is 25.1 Å². The number of aliphatic carboxylic acids is 1. The first-order valence-electron chi connectivity index (χ1n) is 7.39. The summed E-state index contributed by atoms with van der Waals surface area (Å²) in [6.45, 7) is 2.90. The van der Waals surface area contributed by atoms with Gasteiger partial charge in [0, 0.05) is 16.2 Å². The van der Waals surface area contributed by atoms with E-state index >= 15 is 0 Å². The van der Waals surface area contributed by atoms with Crippen LogP contribution in [0.25, 0.3) is 0 Å². The molecule has 1 rings (SSSR count). The van der Waals surface area contributed by atoms with E-state index in [1.807, 2.05) is 6.92 Å². The van der Waals surface area contributed by atoms with Crippen LogP contribution in [-0.2, 0) is 4.79 Å². The van der Waals surface area contributed by atoms with E-state index in [-0.39, 0.29) is 18.1 Å². The second kappa shape index (κ2) is 9.26. The highest BCUT2D eigenvalue weighted by Crippen LogP contribution is 2.30. The first-order chi connectivity index (χ1) is 10.9. The lowest BCUT2D eigenvalue weighted by molar-refractivity contribution is -0.137. The van der Waals surface area contributed by atoms with Crippen molar-refractivity contribution in [3.63, 3.8) is 0 Å². The molecule has 0 fully saturated rings. The minimum Gasteiger partial charge on any atom is -0.481 e. The minimum atomic E-state index is -0.922. The molecule has 1 unspecified atom stereocenters. The van der Waals surface area contributed by atoms with Gasteiger partial charge in [-0.2, -0.15) is 0 Å². The van der Waals surface area contributed by atoms with Crippen LogP contribution in [0.2, 0.25) is 5.02 Å². The topological polar surface area (TPSA) is 54.4 Å². The highest BCUT2D eigenvalue weighted by Gasteiger charge is 2.22. The van der Waals surface area contributed by atoms with Crippen molar-refractivity contribution in [2.75, 3.05) is 6.67 Å². The van der Waals surface area contributed by atoms with Gasteiger partial charge in [0.25, 0.3) is 0 Å². The number of rotatable bonds is 8. The molecule has 1 aromatic carbocycles. The van der Waals surface area contributed by atoms with Gasteiger partial charge in [-0.05, 0) is 37.0 Å². The summed E-state index contributed by atoms with van der Waals surface area (Å²) in [5, 5.41) is 9.45. The molecule has 0 aliphatic rings. The van der Waals surface area contributed by atoms with Crippen LogP contribution >= 0.6 is 11.6 Å². The average molecular weight is 339 g/mol. The number of halogens is 2. The highest BCUT2D eigenvalue weighted by molar-refractivity contribution is 6.31. The molecule has 0 radical (unpaired) electrons. The van der Waals surface area contributed by atoms with Crippen LogP contribution in [0.15, 0.2) is 42.0 Å². The summed E-state index contributed by atoms with van der Waals surface area (Å²) < 4.78 is 12.3. The number of allylic oxidation sites excluding steroid dienone is 4. The van der Waals surface area contributed by atoms with Crippen LogP contribution in [-0.4, -0.2) is 23.5 Å². The Morgan fingerprint density at radius 3 is 2.61 bits per heavy atom. The predicted octanol–water partition coefficient (Wildman–Crippen LogP) is 4.96. The Balaban J connectivity index is 3.33. The molecule has 0 heterocycles. The smallest absolute Gasteiger partial charge is 0.303 e. The van der Waals surface area contributed by atoms with Gasteiger partial charge in [-0.25, -0.2) is 4.39 Å². The van der Waals surface area contributed by atoms with Crippen molar-refractivity contribution in [1.82, 2.24) is 0 Å². The molecule has 0 aliphatic carbocycles. The van der Waals surface area contributed by atoms with Gasteiger partial charge in [-0.3, -0.25) is 9.59 Å². The van der Waals surface area contributed by atoms with Crippen LogP contribution in [0.3, 0.4) is 0 Å². The number of carbonyl (C=O) groups is 2. The molecule has 0 aromatic heterocycles. The summed E-state index contributed by atoms with van der Waals surface area (Å²) in [6.07, 6.45) is 4.79. The summed E-state index contributed by atoms with van der Waals surface area (Å²) in [5.41, 5.74) is 1.36. The number of carboxylic acid groups (broad SMARTS) is 1. The third-order valence-corrected chi connectivity index (χ3v) is 3.81. The van der Waals surface area contributed by atoms with Crippen molar-refractivity contribution in [3.05, 3.63) is 58.1 Å². The number of Topliss-reactive ketones (excluding diaryl/α,β-unsaturated/α-hetero) is 1. The summed E-state index contributed by atoms with van der Waals surface area (Å²) >= 11 is 6.00. The molecular formula is C18H20ClFO3. The molecule has 0 aliphatic heterocycles. The van der Waals surface area contributed by atoms with Crippen LogP contribution < -0.4 is 0 Å². The maximum atomic E-state index is 12.7. The molecule has 23 heavy (non-hydrogen) atoms. The molecule has 0 bridgehead atoms. The summed E-state index contributed by atoms with van der Waals surface area (Å²) in [7, 11) is 0. The first-order valence-corrected chi connectivity index (χ1v) is 7.77. The zero-order chi connectivity index (χ0) is 17.4. The second-order valence-electron chi connectivity index (χ2n) is 5.06. The Labute approximate surface area is 140 Å². The number of carboxylic acids is 1. The van der Waals surface area contributed by atoms with Crippen molar-refractivity contribution in [3.8, 4) is 0 Å². The molecule has 3 nitrogen and oxygen atoms in total. The molecule has 1 atom stereocenters. The number of hydrogen-bond donors (Lipinski definition) is 1. The maximum Gasteiger partial charge on any atom is 0.303 e. The van der Waals surface area contributed by atoms with Gasteiger partial charge in [0.15, 0.2) is 5.78 Å². The van der Waals surface area contributed by atoms with Gasteiger partial charge in [-0.1, -0.05) is 42.8 Å². The standard InChI is InChI=1S/C18H20ClFO3/c1-3-12(6-5-9-20)18(23)16-11-14(19)7-8-15(16)13(4-2)10-17(21)22/h3,5-8,11,13H,4,9-10H2,1-2H3,(H,21,22)/b6-5-,12-3+. The van der Waals surface area contributed by atoms with Gasteiger partial charge < -0.3 is 5.11 Å². The number of alkyl halides is 1. The fourth-order valence-electron chi connectivity index (χ4n) is 2.40. The molecule has 1 aromatic rings. The molecule has 0 saturated heterocycles. The normalized spacial score (nSPS) is 13.3. The van der Waals surface area contributed by atoms with E-state index in [4.69, 9.17) is 16.7 Å². The van der Waals surface area contributed by atoms with E-state index in [2.05, 4.69) is 0 Å². The third kappa shape index (κ3) is 5.32. The van der Waals surface area contributed by atoms with Crippen molar-refractivity contribution < 1.29 is 19.1 Å². The minimum absolute atomic E-state index is 0.0656. The van der Waals surface area contributed by atoms with E-state index < -0.39 is 12.6 Å². The van der Waals surface area contributed by atoms with E-state index in [0.29, 0.717) is 28.1 Å². The van der Waals surface area contributed by atoms with Gasteiger partial charge in [0.2, 0.25) is 0 Å². The summed E-state index contributed by atoms with van der Waals surface area (Å²) in [6, 6.07) is 4.88. The lowest BCUT2D eigenvalue weighted by Crippen LogP contribution is -2.12. The number of ketones is 1. The number of hydrogen-bond acceptors (Lipinski definition) is 2. The zero-order valence-corrected chi connectivity index (χ0v) is 13.9. The maximum absolute atomic E-state index is 12.7. The van der Waals surface area contributed by atoms with Gasteiger partial charge in [0.1, 0.15) is 6.67 Å². The lowest BCUT2D eigenvalue weighted by atomic mass is 9.86. The fraction of sp³-hybridized carbons (Fsp3) is 0.333. The Hall–Kier alpha value is -1.94. The van der Waals surface area contributed by atoms with E-state index in [1.165, 1.54) is 18.2 Å². The van der Waals surface area contributed by atoms with Crippen molar-refractivity contribution in [1.29, 1.82) is 0 Å². The van der Waals surface area contributed by atoms with E-state index in [9.17, 15) is 14.0 Å². The SMILES string of the molecule is C/C=C(\C=C/CF)C(=O)c1cc(Cl)ccc1C(CC)CC(=O)O. The molecule has 124 valence electrons. The molecule has 0 spiro atoms. The Kier molecular flexibility index (Phi) is 7.69. The van der Waals surface area contributed by atoms with Gasteiger partial charge in [0.05, 0.1) is 6.42 Å². The largest absolute Gasteiger partial charge is 0.481 e. The first kappa shape index (κ1) is 19.1. The Morgan fingerprint density at radius 1 is 1.39 bits per heavy atom. The third-order valence-electron chi connectivity index (χ3n) is 3.57. The second-order valence-corrected chi connectivity index (χ2v) is 5.50. The Morgan fingerprint density at radius 2 is 2.09 bits per heavy atom. The van der Waals surface area contributed by atoms with Crippen molar-refractivity contribution in [2.24, 2.45) is 0 Å². The van der Waals surface area contributed by atoms with E-state index in [0.717, 1.165) is 0 Å². The van der Waals surface area contributed by atoms with Gasteiger partial charge >= 0.3 is 5.97 Å². The molecule has 5 heteroatoms. The molecule has 0 amide bonds. The molecular weight excluding hydrogens is 319 g/mol. The van der Waals surface area contributed by atoms with Crippen LogP contribution in [0, 0.1) is 0 Å². The van der Waals surface area contributed by atoms with Crippen molar-refractivity contribution in [2.45, 2.75) is 32.6 Å². The summed E-state index contributed by atoms with van der Waals surface area (Å²) in [5.74, 6) is -1.50. The van der Waals surface area contributed by atoms with Gasteiger partial charge in [-0.15, -0.1) is 0 Å². The summed E-state index contributed by atoms with van der Waals surface area (Å²) in [4.78, 5) is 23.8. The van der Waals surface area contributed by atoms with Crippen molar-refractivity contribution >= 4 is 23.4 Å². The average Bonchev–Trinajstić information content (AvgIpc) is 2.53. The Bertz CT molecular complexity index is 635. The number of carbonyl (C=O) groups excluding carboxylic acids is 1. The highest BCUT2D eigenvalue weighted by atomic mass is 35.5. The molecule has 1 N–H and O–H groups in total. The van der Waals surface area contributed by atoms with Crippen LogP contribution in [0.5, 0.6) is 0 Å². The lowest BCUT2D eigenvalue weighted by Gasteiger charge is -2.17. The quantitative estimate of drug-likeness (QED) is 0.414. The van der Waals surface area contributed by atoms with Crippen LogP contribution in [0.1, 0.15) is 48.5 Å². The monoisotopic (exact) mass is 338 g/mol. The zero-order valence-electron chi connectivity index (χ0n) is 13.2.